The second-order valence-corrected chi connectivity index (χ2v) is 11.0. The zero-order valence-electron chi connectivity index (χ0n) is 22.6. The molecule has 1 heterocycles. The van der Waals surface area contributed by atoms with E-state index < -0.39 is 22.2 Å². The number of carboxylic acid groups (broad SMARTS) is 1. The molecule has 1 aliphatic heterocycles. The molecule has 4 N–H and O–H groups in total. The second kappa shape index (κ2) is 13.8. The third kappa shape index (κ3) is 8.63. The summed E-state index contributed by atoms with van der Waals surface area (Å²) in [7, 11) is -1.15. The summed E-state index contributed by atoms with van der Waals surface area (Å²) in [6.07, 6.45) is -0.917. The van der Waals surface area contributed by atoms with Gasteiger partial charge >= 0.3 is 12.1 Å². The number of ether oxygens (including phenoxy) is 2. The van der Waals surface area contributed by atoms with Crippen LogP contribution in [0, 0.1) is 0 Å². The van der Waals surface area contributed by atoms with Crippen LogP contribution in [0.2, 0.25) is 0 Å². The van der Waals surface area contributed by atoms with Gasteiger partial charge in [-0.25, -0.2) is 13.2 Å². The van der Waals surface area contributed by atoms with E-state index in [9.17, 15) is 26.4 Å². The summed E-state index contributed by atoms with van der Waals surface area (Å²) in [5.41, 5.74) is 1.50. The highest BCUT2D eigenvalue weighted by molar-refractivity contribution is 7.92. The predicted molar refractivity (Wildman–Crippen MR) is 145 cm³/mol. The number of nitrogens with one attached hydrogen (secondary N) is 3. The van der Waals surface area contributed by atoms with Gasteiger partial charge in [-0.05, 0) is 43.2 Å². The van der Waals surface area contributed by atoms with E-state index in [2.05, 4.69) is 20.3 Å². The van der Waals surface area contributed by atoms with Gasteiger partial charge in [0.05, 0.1) is 25.6 Å². The smallest absolute Gasteiger partial charge is 0.490 e. The number of sulfonamides is 1. The summed E-state index contributed by atoms with van der Waals surface area (Å²) < 4.78 is 71.9. The average molecular weight is 603 g/mol. The molecule has 2 aromatic rings. The third-order valence-electron chi connectivity index (χ3n) is 6.55. The molecule has 0 unspecified atom stereocenters. The summed E-state index contributed by atoms with van der Waals surface area (Å²) in [5, 5.41) is 13.5. The number of halogens is 3. The van der Waals surface area contributed by atoms with E-state index in [-0.39, 0.29) is 22.6 Å². The van der Waals surface area contributed by atoms with Crippen LogP contribution in [-0.4, -0.2) is 78.0 Å². The molecule has 226 valence electrons. The molecule has 1 amide bonds. The fourth-order valence-corrected chi connectivity index (χ4v) is 5.72. The molecule has 1 aliphatic carbocycles. The van der Waals surface area contributed by atoms with E-state index in [0.717, 1.165) is 57.5 Å². The minimum atomic E-state index is -5.08. The second-order valence-electron chi connectivity index (χ2n) is 9.35. The molecular weight excluding hydrogens is 569 g/mol. The van der Waals surface area contributed by atoms with Gasteiger partial charge in [-0.2, -0.15) is 13.2 Å². The zero-order valence-corrected chi connectivity index (χ0v) is 23.4. The largest absolute Gasteiger partial charge is 0.497 e. The van der Waals surface area contributed by atoms with Crippen molar-refractivity contribution in [3.8, 4) is 11.5 Å². The minimum absolute atomic E-state index is 0.0404. The lowest BCUT2D eigenvalue weighted by Crippen LogP contribution is -2.43. The Labute approximate surface area is 236 Å². The van der Waals surface area contributed by atoms with E-state index in [1.54, 1.807) is 24.3 Å². The molecule has 0 aromatic heterocycles. The number of amides is 1. The first-order chi connectivity index (χ1) is 19.4. The van der Waals surface area contributed by atoms with Gasteiger partial charge in [0.25, 0.3) is 15.9 Å². The van der Waals surface area contributed by atoms with Crippen molar-refractivity contribution in [2.75, 3.05) is 50.0 Å². The number of carboxylic acids is 1. The standard InChI is InChI=1S/C24H32N4O5S.C2HF3O2/c1-32-19-8-10-22(33-2)23(16-19)34(30,31)27-20-15-17(24(29)26-18-5-3-4-6-18)7-9-21(20)28-13-11-25-12-14-28;3-2(4,5)1(6)7/h7-10,15-16,18,25,27H,3-6,11-14H2,1-2H3,(H,26,29);(H,6,7). The van der Waals surface area contributed by atoms with Gasteiger partial charge in [-0.1, -0.05) is 12.8 Å². The normalized spacial score (nSPS) is 15.9. The van der Waals surface area contributed by atoms with Crippen LogP contribution in [0.15, 0.2) is 41.3 Å². The number of hydrogen-bond donors (Lipinski definition) is 4. The van der Waals surface area contributed by atoms with Gasteiger partial charge in [-0.3, -0.25) is 9.52 Å². The minimum Gasteiger partial charge on any atom is -0.497 e. The van der Waals surface area contributed by atoms with Crippen molar-refractivity contribution in [1.29, 1.82) is 0 Å². The SMILES string of the molecule is COc1ccc(OC)c(S(=O)(=O)Nc2cc(C(=O)NC3CCCC3)ccc2N2CCNCC2)c1.O=C(O)C(F)(F)F. The molecule has 0 spiro atoms. The maximum absolute atomic E-state index is 13.5. The third-order valence-corrected chi connectivity index (χ3v) is 7.94. The van der Waals surface area contributed by atoms with Crippen LogP contribution >= 0.6 is 0 Å². The van der Waals surface area contributed by atoms with Crippen LogP contribution in [0.3, 0.4) is 0 Å². The van der Waals surface area contributed by atoms with Crippen LogP contribution in [0.4, 0.5) is 24.5 Å². The first-order valence-electron chi connectivity index (χ1n) is 12.8. The number of aliphatic carboxylic acids is 1. The molecule has 2 aromatic carbocycles. The van der Waals surface area contributed by atoms with Gasteiger partial charge in [0.1, 0.15) is 16.4 Å². The molecule has 41 heavy (non-hydrogen) atoms. The predicted octanol–water partition coefficient (Wildman–Crippen LogP) is 3.22. The van der Waals surface area contributed by atoms with Crippen molar-refractivity contribution in [2.45, 2.75) is 42.8 Å². The Morgan fingerprint density at radius 3 is 2.22 bits per heavy atom. The number of methoxy groups -OCH3 is 2. The zero-order chi connectivity index (χ0) is 30.2. The molecule has 1 saturated carbocycles. The molecule has 0 atom stereocenters. The average Bonchev–Trinajstić information content (AvgIpc) is 3.45. The number of benzene rings is 2. The Morgan fingerprint density at radius 1 is 1.02 bits per heavy atom. The van der Waals surface area contributed by atoms with Crippen LogP contribution in [0.25, 0.3) is 0 Å². The van der Waals surface area contributed by atoms with Crippen molar-refractivity contribution in [1.82, 2.24) is 10.6 Å². The van der Waals surface area contributed by atoms with Crippen molar-refractivity contribution < 1.29 is 45.8 Å². The molecule has 11 nitrogen and oxygen atoms in total. The van der Waals surface area contributed by atoms with Gasteiger partial charge < -0.3 is 30.1 Å². The lowest BCUT2D eigenvalue weighted by atomic mass is 10.1. The number of hydrogen-bond acceptors (Lipinski definition) is 8. The van der Waals surface area contributed by atoms with Crippen LogP contribution in [0.1, 0.15) is 36.0 Å². The number of carbonyl (C=O) groups excluding carboxylic acids is 1. The molecule has 2 aliphatic rings. The molecular formula is C26H33F3N4O7S. The highest BCUT2D eigenvalue weighted by Crippen LogP contribution is 2.34. The van der Waals surface area contributed by atoms with Gasteiger partial charge in [-0.15, -0.1) is 0 Å². The van der Waals surface area contributed by atoms with Crippen LogP contribution < -0.4 is 29.7 Å². The Bertz CT molecular complexity index is 1330. The van der Waals surface area contributed by atoms with Crippen LogP contribution in [-0.2, 0) is 14.8 Å². The Kier molecular flexibility index (Phi) is 10.7. The fourth-order valence-electron chi connectivity index (χ4n) is 4.47. The Morgan fingerprint density at radius 2 is 1.66 bits per heavy atom. The Hall–Kier alpha value is -3.72. The first-order valence-corrected chi connectivity index (χ1v) is 14.3. The number of nitrogens with zero attached hydrogens (tertiary/aromatic N) is 1. The van der Waals surface area contributed by atoms with E-state index in [1.807, 2.05) is 6.07 Å². The number of rotatable bonds is 8. The summed E-state index contributed by atoms with van der Waals surface area (Å²) in [5.74, 6) is -2.36. The lowest BCUT2D eigenvalue weighted by Gasteiger charge is -2.31. The van der Waals surface area contributed by atoms with Crippen molar-refractivity contribution in [2.24, 2.45) is 0 Å². The van der Waals surface area contributed by atoms with E-state index >= 15 is 0 Å². The summed E-state index contributed by atoms with van der Waals surface area (Å²) in [6, 6.07) is 9.96. The lowest BCUT2D eigenvalue weighted by molar-refractivity contribution is -0.192. The monoisotopic (exact) mass is 602 g/mol. The maximum atomic E-state index is 13.5. The van der Waals surface area contributed by atoms with Crippen LogP contribution in [0.5, 0.6) is 11.5 Å². The first kappa shape index (κ1) is 31.8. The number of anilines is 2. The van der Waals surface area contributed by atoms with Crippen molar-refractivity contribution in [3.63, 3.8) is 0 Å². The van der Waals surface area contributed by atoms with Gasteiger partial charge in [0, 0.05) is 43.9 Å². The summed E-state index contributed by atoms with van der Waals surface area (Å²) >= 11 is 0. The fraction of sp³-hybridized carbons (Fsp3) is 0.462. The maximum Gasteiger partial charge on any atom is 0.490 e. The molecule has 0 bridgehead atoms. The summed E-state index contributed by atoms with van der Waals surface area (Å²) in [4.78, 5) is 23.9. The topological polar surface area (TPSA) is 146 Å². The molecule has 15 heteroatoms. The summed E-state index contributed by atoms with van der Waals surface area (Å²) in [6.45, 7) is 3.04. The van der Waals surface area contributed by atoms with Crippen molar-refractivity contribution >= 4 is 33.3 Å². The highest BCUT2D eigenvalue weighted by Gasteiger charge is 2.38. The van der Waals surface area contributed by atoms with Gasteiger partial charge in [0.2, 0.25) is 0 Å². The van der Waals surface area contributed by atoms with E-state index in [0.29, 0.717) is 17.0 Å². The molecule has 4 rings (SSSR count). The van der Waals surface area contributed by atoms with E-state index in [4.69, 9.17) is 19.4 Å². The highest BCUT2D eigenvalue weighted by atomic mass is 32.2. The quantitative estimate of drug-likeness (QED) is 0.358. The Balaban J connectivity index is 0.000000587. The number of carbonyl (C=O) groups is 2. The molecule has 0 radical (unpaired) electrons. The van der Waals surface area contributed by atoms with E-state index in [1.165, 1.54) is 20.3 Å². The van der Waals surface area contributed by atoms with Gasteiger partial charge in [0.15, 0.2) is 0 Å². The molecule has 1 saturated heterocycles. The van der Waals surface area contributed by atoms with Crippen molar-refractivity contribution in [3.05, 3.63) is 42.0 Å². The number of piperazine rings is 1. The molecule has 2 fully saturated rings. The number of alkyl halides is 3.